The number of amides is 1. The van der Waals surface area contributed by atoms with E-state index in [1.807, 2.05) is 11.9 Å². The van der Waals surface area contributed by atoms with Crippen LogP contribution >= 0.6 is 23.2 Å². The second-order valence-corrected chi connectivity index (χ2v) is 5.98. The number of carbonyl (C=O) groups is 1. The zero-order valence-corrected chi connectivity index (χ0v) is 13.6. The first-order valence-electron chi connectivity index (χ1n) is 7.13. The average Bonchev–Trinajstić information content (AvgIpc) is 2.49. The van der Waals surface area contributed by atoms with Crippen molar-refractivity contribution in [2.75, 3.05) is 26.7 Å². The lowest BCUT2D eigenvalue weighted by Gasteiger charge is -2.32. The van der Waals surface area contributed by atoms with Crippen molar-refractivity contribution in [3.05, 3.63) is 28.2 Å². The molecule has 1 aliphatic rings. The fourth-order valence-electron chi connectivity index (χ4n) is 2.44. The van der Waals surface area contributed by atoms with Crippen LogP contribution in [0.15, 0.2) is 18.2 Å². The summed E-state index contributed by atoms with van der Waals surface area (Å²) in [6.07, 6.45) is 2.52. The number of halogens is 2. The van der Waals surface area contributed by atoms with Gasteiger partial charge in [-0.05, 0) is 38.1 Å². The Kier molecular flexibility index (Phi) is 6.15. The average molecular weight is 331 g/mol. The van der Waals surface area contributed by atoms with Crippen LogP contribution in [0.5, 0.6) is 5.75 Å². The lowest BCUT2D eigenvalue weighted by molar-refractivity contribution is -0.133. The Morgan fingerprint density at radius 1 is 1.48 bits per heavy atom. The lowest BCUT2D eigenvalue weighted by atomic mass is 10.1. The molecule has 21 heavy (non-hydrogen) atoms. The van der Waals surface area contributed by atoms with Crippen LogP contribution in [-0.2, 0) is 4.79 Å². The Labute approximate surface area is 135 Å². The molecule has 1 amide bonds. The first-order chi connectivity index (χ1) is 10.1. The largest absolute Gasteiger partial charge is 0.491 e. The van der Waals surface area contributed by atoms with Crippen molar-refractivity contribution in [2.45, 2.75) is 25.3 Å². The van der Waals surface area contributed by atoms with Crippen LogP contribution in [-0.4, -0.2) is 43.6 Å². The van der Waals surface area contributed by atoms with Gasteiger partial charge in [0.15, 0.2) is 0 Å². The summed E-state index contributed by atoms with van der Waals surface area (Å²) in [6, 6.07) is 5.46. The maximum atomic E-state index is 12.2. The van der Waals surface area contributed by atoms with Gasteiger partial charge in [-0.2, -0.15) is 0 Å². The van der Waals surface area contributed by atoms with Gasteiger partial charge in [0.25, 0.3) is 0 Å². The summed E-state index contributed by atoms with van der Waals surface area (Å²) in [5.41, 5.74) is 0. The van der Waals surface area contributed by atoms with E-state index in [4.69, 9.17) is 27.9 Å². The minimum atomic E-state index is 0.125. The van der Waals surface area contributed by atoms with E-state index in [2.05, 4.69) is 5.32 Å². The van der Waals surface area contributed by atoms with Crippen LogP contribution in [0.4, 0.5) is 0 Å². The third-order valence-electron chi connectivity index (χ3n) is 3.65. The van der Waals surface area contributed by atoms with Crippen LogP contribution in [0.3, 0.4) is 0 Å². The van der Waals surface area contributed by atoms with Crippen molar-refractivity contribution in [1.82, 2.24) is 10.2 Å². The topological polar surface area (TPSA) is 41.6 Å². The molecule has 1 aliphatic heterocycles. The molecular formula is C15H20Cl2N2O2. The van der Waals surface area contributed by atoms with Gasteiger partial charge in [0.1, 0.15) is 5.75 Å². The monoisotopic (exact) mass is 330 g/mol. The number of rotatable bonds is 5. The summed E-state index contributed by atoms with van der Waals surface area (Å²) in [5, 5.41) is 4.25. The van der Waals surface area contributed by atoms with E-state index in [1.54, 1.807) is 18.2 Å². The minimum absolute atomic E-state index is 0.125. The van der Waals surface area contributed by atoms with Gasteiger partial charge in [0.05, 0.1) is 18.1 Å². The molecule has 1 N–H and O–H groups in total. The van der Waals surface area contributed by atoms with Crippen LogP contribution in [0, 0.1) is 0 Å². The van der Waals surface area contributed by atoms with Crippen LogP contribution < -0.4 is 10.1 Å². The normalized spacial score (nSPS) is 18.6. The molecule has 1 saturated heterocycles. The van der Waals surface area contributed by atoms with Crippen LogP contribution in [0.2, 0.25) is 10.0 Å². The van der Waals surface area contributed by atoms with Crippen molar-refractivity contribution in [3.8, 4) is 5.75 Å². The van der Waals surface area contributed by atoms with Gasteiger partial charge in [0, 0.05) is 24.2 Å². The Hall–Kier alpha value is -0.970. The number of nitrogens with one attached hydrogen (secondary N) is 1. The summed E-state index contributed by atoms with van der Waals surface area (Å²) in [7, 11) is 1.93. The van der Waals surface area contributed by atoms with Gasteiger partial charge in [-0.3, -0.25) is 4.79 Å². The molecule has 116 valence electrons. The quantitative estimate of drug-likeness (QED) is 0.902. The molecule has 0 aromatic heterocycles. The molecule has 1 atom stereocenters. The molecule has 1 unspecified atom stereocenters. The Bertz CT molecular complexity index is 497. The SMILES string of the molecule is CNC1CCCN(C(=O)CCOc2ccc(Cl)cc2Cl)C1. The van der Waals surface area contributed by atoms with E-state index in [0.29, 0.717) is 34.9 Å². The van der Waals surface area contributed by atoms with Gasteiger partial charge in [-0.15, -0.1) is 0 Å². The molecule has 1 aromatic rings. The second kappa shape index (κ2) is 7.87. The van der Waals surface area contributed by atoms with Gasteiger partial charge < -0.3 is 15.0 Å². The van der Waals surface area contributed by atoms with Crippen molar-refractivity contribution in [3.63, 3.8) is 0 Å². The third-order valence-corrected chi connectivity index (χ3v) is 4.18. The van der Waals surface area contributed by atoms with E-state index in [0.717, 1.165) is 25.9 Å². The van der Waals surface area contributed by atoms with Crippen molar-refractivity contribution in [1.29, 1.82) is 0 Å². The molecule has 0 bridgehead atoms. The fourth-order valence-corrected chi connectivity index (χ4v) is 2.90. The molecule has 0 aliphatic carbocycles. The molecule has 0 spiro atoms. The molecule has 1 fully saturated rings. The number of likely N-dealkylation sites (tertiary alicyclic amines) is 1. The summed E-state index contributed by atoms with van der Waals surface area (Å²) in [4.78, 5) is 14.1. The number of hydrogen-bond donors (Lipinski definition) is 1. The number of likely N-dealkylation sites (N-methyl/N-ethyl adjacent to an activating group) is 1. The highest BCUT2D eigenvalue weighted by atomic mass is 35.5. The molecule has 0 radical (unpaired) electrons. The summed E-state index contributed by atoms with van der Waals surface area (Å²) >= 11 is 11.8. The molecule has 4 nitrogen and oxygen atoms in total. The Morgan fingerprint density at radius 3 is 3.00 bits per heavy atom. The summed E-state index contributed by atoms with van der Waals surface area (Å²) < 4.78 is 5.55. The first-order valence-corrected chi connectivity index (χ1v) is 7.88. The van der Waals surface area contributed by atoms with Crippen molar-refractivity contribution < 1.29 is 9.53 Å². The number of carbonyl (C=O) groups excluding carboxylic acids is 1. The highest BCUT2D eigenvalue weighted by Gasteiger charge is 2.22. The Morgan fingerprint density at radius 2 is 2.29 bits per heavy atom. The van der Waals surface area contributed by atoms with Gasteiger partial charge in [0.2, 0.25) is 5.91 Å². The number of piperidine rings is 1. The smallest absolute Gasteiger partial charge is 0.226 e. The molecule has 1 heterocycles. The van der Waals surface area contributed by atoms with E-state index in [9.17, 15) is 4.79 Å². The highest BCUT2D eigenvalue weighted by Crippen LogP contribution is 2.27. The molecule has 2 rings (SSSR count). The fraction of sp³-hybridized carbons (Fsp3) is 0.533. The maximum absolute atomic E-state index is 12.2. The molecule has 0 saturated carbocycles. The van der Waals surface area contributed by atoms with Crippen molar-refractivity contribution >= 4 is 29.1 Å². The summed E-state index contributed by atoms with van der Waals surface area (Å²) in [5.74, 6) is 0.681. The minimum Gasteiger partial charge on any atom is -0.491 e. The Balaban J connectivity index is 1.78. The lowest BCUT2D eigenvalue weighted by Crippen LogP contribution is -2.47. The zero-order chi connectivity index (χ0) is 15.2. The first kappa shape index (κ1) is 16.4. The molecular weight excluding hydrogens is 311 g/mol. The number of hydrogen-bond acceptors (Lipinski definition) is 3. The molecule has 6 heteroatoms. The standard InChI is InChI=1S/C15H20Cl2N2O2/c1-18-12-3-2-7-19(10-12)15(20)6-8-21-14-5-4-11(16)9-13(14)17/h4-5,9,12,18H,2-3,6-8,10H2,1H3. The predicted octanol–water partition coefficient (Wildman–Crippen LogP) is 2.97. The number of nitrogens with zero attached hydrogens (tertiary/aromatic N) is 1. The number of benzene rings is 1. The third kappa shape index (κ3) is 4.77. The van der Waals surface area contributed by atoms with E-state index >= 15 is 0 Å². The number of ether oxygens (including phenoxy) is 1. The van der Waals surface area contributed by atoms with Crippen LogP contribution in [0.25, 0.3) is 0 Å². The van der Waals surface area contributed by atoms with E-state index in [-0.39, 0.29) is 5.91 Å². The van der Waals surface area contributed by atoms with Crippen LogP contribution in [0.1, 0.15) is 19.3 Å². The predicted molar refractivity (Wildman–Crippen MR) is 85.2 cm³/mol. The van der Waals surface area contributed by atoms with Gasteiger partial charge >= 0.3 is 0 Å². The second-order valence-electron chi connectivity index (χ2n) is 5.14. The van der Waals surface area contributed by atoms with Crippen molar-refractivity contribution in [2.24, 2.45) is 0 Å². The van der Waals surface area contributed by atoms with E-state index in [1.165, 1.54) is 0 Å². The summed E-state index contributed by atoms with van der Waals surface area (Å²) in [6.45, 7) is 1.93. The zero-order valence-electron chi connectivity index (χ0n) is 12.1. The van der Waals surface area contributed by atoms with Gasteiger partial charge in [-0.25, -0.2) is 0 Å². The maximum Gasteiger partial charge on any atom is 0.226 e. The van der Waals surface area contributed by atoms with E-state index < -0.39 is 0 Å². The highest BCUT2D eigenvalue weighted by molar-refractivity contribution is 6.35. The van der Waals surface area contributed by atoms with Gasteiger partial charge in [-0.1, -0.05) is 23.2 Å². The molecule has 1 aromatic carbocycles.